The van der Waals surface area contributed by atoms with E-state index < -0.39 is 16.1 Å². The molecule has 3 rings (SSSR count). The lowest BCUT2D eigenvalue weighted by Crippen LogP contribution is -2.49. The number of amides is 2. The van der Waals surface area contributed by atoms with Crippen LogP contribution in [0.15, 0.2) is 78.9 Å². The van der Waals surface area contributed by atoms with Gasteiger partial charge in [0.2, 0.25) is 21.8 Å². The summed E-state index contributed by atoms with van der Waals surface area (Å²) in [4.78, 5) is 28.3. The van der Waals surface area contributed by atoms with Crippen molar-refractivity contribution in [2.45, 2.75) is 45.7 Å². The second kappa shape index (κ2) is 13.2. The summed E-state index contributed by atoms with van der Waals surface area (Å²) in [7, 11) is -1.96. The topological polar surface area (TPSA) is 86.8 Å². The number of nitrogens with zero attached hydrogens (tertiary/aromatic N) is 2. The number of benzene rings is 3. The van der Waals surface area contributed by atoms with Gasteiger partial charge in [-0.2, -0.15) is 0 Å². The Balaban J connectivity index is 1.84. The minimum atomic E-state index is -3.53. The van der Waals surface area contributed by atoms with E-state index in [1.807, 2.05) is 80.6 Å². The Morgan fingerprint density at radius 1 is 0.868 bits per heavy atom. The second-order valence-electron chi connectivity index (χ2n) is 9.60. The molecule has 0 aromatic heterocycles. The van der Waals surface area contributed by atoms with Crippen molar-refractivity contribution in [3.63, 3.8) is 0 Å². The highest BCUT2D eigenvalue weighted by atomic mass is 32.2. The summed E-state index contributed by atoms with van der Waals surface area (Å²) < 4.78 is 26.4. The average molecular weight is 536 g/mol. The Morgan fingerprint density at radius 3 is 2.13 bits per heavy atom. The predicted molar refractivity (Wildman–Crippen MR) is 152 cm³/mol. The molecule has 0 fully saturated rings. The van der Waals surface area contributed by atoms with Crippen molar-refractivity contribution in [3.8, 4) is 0 Å². The van der Waals surface area contributed by atoms with Gasteiger partial charge in [-0.05, 0) is 43.5 Å². The van der Waals surface area contributed by atoms with Crippen molar-refractivity contribution in [1.29, 1.82) is 0 Å². The van der Waals surface area contributed by atoms with Crippen LogP contribution in [0.4, 0.5) is 5.69 Å². The van der Waals surface area contributed by atoms with Gasteiger partial charge in [-0.1, -0.05) is 77.9 Å². The molecule has 38 heavy (non-hydrogen) atoms. The van der Waals surface area contributed by atoms with Crippen LogP contribution < -0.4 is 9.62 Å². The zero-order chi connectivity index (χ0) is 27.7. The number of hydrogen-bond donors (Lipinski definition) is 1. The Morgan fingerprint density at radius 2 is 1.53 bits per heavy atom. The molecule has 3 aromatic rings. The first-order valence-electron chi connectivity index (χ1n) is 12.7. The van der Waals surface area contributed by atoms with Crippen LogP contribution in [0.1, 0.15) is 35.1 Å². The van der Waals surface area contributed by atoms with Crippen LogP contribution in [-0.2, 0) is 32.6 Å². The second-order valence-corrected chi connectivity index (χ2v) is 11.5. The maximum Gasteiger partial charge on any atom is 0.242 e. The number of nitrogens with one attached hydrogen (secondary N) is 1. The Kier molecular flexibility index (Phi) is 10.1. The standard InChI is InChI=1S/C30H37N3O4S/c1-23-15-17-27(18-16-23)33(38(4,36)37)19-9-14-29(34)32(22-26-13-8-10-24(2)20-26)28(30(35)31-3)21-25-11-6-5-7-12-25/h5-8,10-13,15-18,20,28H,9,14,19,21-22H2,1-4H3,(H,31,35). The van der Waals surface area contributed by atoms with Crippen LogP contribution in [0.5, 0.6) is 0 Å². The molecule has 0 heterocycles. The summed E-state index contributed by atoms with van der Waals surface area (Å²) in [5.74, 6) is -0.444. The van der Waals surface area contributed by atoms with Crippen LogP contribution in [0, 0.1) is 13.8 Å². The molecule has 0 radical (unpaired) electrons. The molecule has 202 valence electrons. The monoisotopic (exact) mass is 535 g/mol. The number of likely N-dealkylation sites (N-methyl/N-ethyl adjacent to an activating group) is 1. The van der Waals surface area contributed by atoms with E-state index in [0.717, 1.165) is 22.3 Å². The van der Waals surface area contributed by atoms with Gasteiger partial charge in [0.05, 0.1) is 11.9 Å². The maximum absolute atomic E-state index is 13.7. The normalized spacial score (nSPS) is 12.0. The van der Waals surface area contributed by atoms with Gasteiger partial charge >= 0.3 is 0 Å². The molecule has 0 aliphatic rings. The zero-order valence-corrected chi connectivity index (χ0v) is 23.4. The van der Waals surface area contributed by atoms with Gasteiger partial charge in [-0.25, -0.2) is 8.42 Å². The van der Waals surface area contributed by atoms with Crippen molar-refractivity contribution in [3.05, 3.63) is 101 Å². The molecule has 2 amide bonds. The minimum Gasteiger partial charge on any atom is -0.357 e. The molecule has 0 saturated carbocycles. The van der Waals surface area contributed by atoms with Crippen molar-refractivity contribution in [2.24, 2.45) is 0 Å². The molecule has 0 aliphatic carbocycles. The molecule has 3 aromatic carbocycles. The molecule has 8 heteroatoms. The molecule has 0 aliphatic heterocycles. The quantitative estimate of drug-likeness (QED) is 0.376. The molecular formula is C30H37N3O4S. The third kappa shape index (κ3) is 8.18. The van der Waals surface area contributed by atoms with Gasteiger partial charge in [0.25, 0.3) is 0 Å². The Labute approximate surface area is 226 Å². The maximum atomic E-state index is 13.7. The van der Waals surface area contributed by atoms with Crippen molar-refractivity contribution < 1.29 is 18.0 Å². The van der Waals surface area contributed by atoms with E-state index in [0.29, 0.717) is 18.5 Å². The molecule has 0 bridgehead atoms. The third-order valence-electron chi connectivity index (χ3n) is 6.43. The van der Waals surface area contributed by atoms with Crippen molar-refractivity contribution >= 4 is 27.5 Å². The smallest absolute Gasteiger partial charge is 0.242 e. The Bertz CT molecular complexity index is 1330. The van der Waals surface area contributed by atoms with E-state index in [1.54, 1.807) is 24.1 Å². The number of carbonyl (C=O) groups excluding carboxylic acids is 2. The van der Waals surface area contributed by atoms with Gasteiger partial charge in [-0.15, -0.1) is 0 Å². The Hall–Kier alpha value is -3.65. The summed E-state index contributed by atoms with van der Waals surface area (Å²) >= 11 is 0. The molecular weight excluding hydrogens is 498 g/mol. The fourth-order valence-corrected chi connectivity index (χ4v) is 5.41. The van der Waals surface area contributed by atoms with E-state index in [-0.39, 0.29) is 31.3 Å². The zero-order valence-electron chi connectivity index (χ0n) is 22.6. The molecule has 1 N–H and O–H groups in total. The van der Waals surface area contributed by atoms with Crippen molar-refractivity contribution in [2.75, 3.05) is 24.2 Å². The summed E-state index contributed by atoms with van der Waals surface area (Å²) in [5, 5.41) is 2.72. The molecule has 0 saturated heterocycles. The van der Waals surface area contributed by atoms with Gasteiger partial charge in [-0.3, -0.25) is 13.9 Å². The predicted octanol–water partition coefficient (Wildman–Crippen LogP) is 4.24. The third-order valence-corrected chi connectivity index (χ3v) is 7.62. The van der Waals surface area contributed by atoms with Gasteiger partial charge in [0.15, 0.2) is 0 Å². The molecule has 1 unspecified atom stereocenters. The van der Waals surface area contributed by atoms with E-state index in [1.165, 1.54) is 10.6 Å². The van der Waals surface area contributed by atoms with Gasteiger partial charge in [0, 0.05) is 33.0 Å². The highest BCUT2D eigenvalue weighted by Gasteiger charge is 2.30. The van der Waals surface area contributed by atoms with E-state index >= 15 is 0 Å². The first kappa shape index (κ1) is 28.9. The van der Waals surface area contributed by atoms with Crippen LogP contribution in [0.2, 0.25) is 0 Å². The van der Waals surface area contributed by atoms with Crippen LogP contribution in [-0.4, -0.2) is 51.0 Å². The van der Waals surface area contributed by atoms with E-state index in [4.69, 9.17) is 0 Å². The summed E-state index contributed by atoms with van der Waals surface area (Å²) in [5.41, 5.74) is 4.54. The van der Waals surface area contributed by atoms with Gasteiger partial charge in [0.1, 0.15) is 6.04 Å². The highest BCUT2D eigenvalue weighted by Crippen LogP contribution is 2.21. The number of hydrogen-bond acceptors (Lipinski definition) is 4. The minimum absolute atomic E-state index is 0.103. The van der Waals surface area contributed by atoms with Gasteiger partial charge < -0.3 is 10.2 Å². The van der Waals surface area contributed by atoms with Crippen molar-refractivity contribution in [1.82, 2.24) is 10.2 Å². The number of carbonyl (C=O) groups is 2. The summed E-state index contributed by atoms with van der Waals surface area (Å²) in [6.07, 6.45) is 1.96. The lowest BCUT2D eigenvalue weighted by atomic mass is 10.0. The lowest BCUT2D eigenvalue weighted by Gasteiger charge is -2.31. The first-order valence-corrected chi connectivity index (χ1v) is 14.6. The van der Waals surface area contributed by atoms with Crippen LogP contribution >= 0.6 is 0 Å². The number of aryl methyl sites for hydroxylation is 2. The lowest BCUT2D eigenvalue weighted by molar-refractivity contribution is -0.141. The summed E-state index contributed by atoms with van der Waals surface area (Å²) in [6, 6.07) is 24.0. The van der Waals surface area contributed by atoms with Crippen LogP contribution in [0.3, 0.4) is 0 Å². The molecule has 1 atom stereocenters. The number of anilines is 1. The first-order chi connectivity index (χ1) is 18.1. The molecule has 0 spiro atoms. The summed E-state index contributed by atoms with van der Waals surface area (Å²) in [6.45, 7) is 4.36. The average Bonchev–Trinajstić information content (AvgIpc) is 2.88. The fraction of sp³-hybridized carbons (Fsp3) is 0.333. The van der Waals surface area contributed by atoms with E-state index in [9.17, 15) is 18.0 Å². The molecule has 7 nitrogen and oxygen atoms in total. The number of rotatable bonds is 12. The number of sulfonamides is 1. The fourth-order valence-electron chi connectivity index (χ4n) is 4.44. The largest absolute Gasteiger partial charge is 0.357 e. The highest BCUT2D eigenvalue weighted by molar-refractivity contribution is 7.92. The van der Waals surface area contributed by atoms with E-state index in [2.05, 4.69) is 5.32 Å². The van der Waals surface area contributed by atoms with Crippen LogP contribution in [0.25, 0.3) is 0 Å². The SMILES string of the molecule is CNC(=O)C(Cc1ccccc1)N(Cc1cccc(C)c1)C(=O)CCCN(c1ccc(C)cc1)S(C)(=O)=O.